The summed E-state index contributed by atoms with van der Waals surface area (Å²) < 4.78 is 59.4. The summed E-state index contributed by atoms with van der Waals surface area (Å²) in [6.45, 7) is 6.33. The Morgan fingerprint density at radius 2 is 0.947 bits per heavy atom. The Labute approximate surface area is 553 Å². The molecule has 8 rings (SSSR count). The number of benzene rings is 6. The predicted octanol–water partition coefficient (Wildman–Crippen LogP) is 12.0. The second-order valence-corrected chi connectivity index (χ2v) is 23.9. The van der Waals surface area contributed by atoms with Gasteiger partial charge in [0, 0.05) is 30.6 Å². The van der Waals surface area contributed by atoms with E-state index in [2.05, 4.69) is 0 Å². The molecule has 94 heavy (non-hydrogen) atoms. The summed E-state index contributed by atoms with van der Waals surface area (Å²) in [5, 5.41) is 30.3. The van der Waals surface area contributed by atoms with Crippen LogP contribution in [0.3, 0.4) is 0 Å². The fourth-order valence-electron chi connectivity index (χ4n) is 12.9. The van der Waals surface area contributed by atoms with Crippen LogP contribution in [0.1, 0.15) is 164 Å². The van der Waals surface area contributed by atoms with Crippen molar-refractivity contribution < 1.29 is 81.9 Å². The molecule has 19 nitrogen and oxygen atoms in total. The Morgan fingerprint density at radius 3 is 1.41 bits per heavy atom. The number of amides is 2. The van der Waals surface area contributed by atoms with Crippen molar-refractivity contribution in [3.8, 4) is 46.0 Å². The summed E-state index contributed by atoms with van der Waals surface area (Å²) in [5.41, 5.74) is 7.18. The van der Waals surface area contributed by atoms with Gasteiger partial charge in [-0.1, -0.05) is 62.4 Å². The maximum atomic E-state index is 14.7. The molecule has 6 aromatic rings. The molecule has 2 fully saturated rings. The average molecular weight is 1300 g/mol. The normalized spacial score (nSPS) is 16.0. The van der Waals surface area contributed by atoms with Gasteiger partial charge in [-0.2, -0.15) is 0 Å². The topological polar surface area (TPSA) is 228 Å². The van der Waals surface area contributed by atoms with Crippen LogP contribution in [0.5, 0.6) is 46.0 Å². The van der Waals surface area contributed by atoms with Gasteiger partial charge in [0.1, 0.15) is 47.3 Å². The lowest BCUT2D eigenvalue weighted by molar-refractivity contribution is -0.162. The van der Waals surface area contributed by atoms with Crippen molar-refractivity contribution in [3.05, 3.63) is 165 Å². The van der Waals surface area contributed by atoms with Crippen LogP contribution < -0.4 is 37.9 Å². The fraction of sp³-hybridized carbons (Fsp3) is 0.467. The number of carbonyl (C=O) groups excluding carboxylic acids is 4. The molecule has 6 atom stereocenters. The van der Waals surface area contributed by atoms with Gasteiger partial charge in [0.2, 0.25) is 11.8 Å². The molecule has 2 aliphatic rings. The Hall–Kier alpha value is -8.52. The summed E-state index contributed by atoms with van der Waals surface area (Å²) in [7, 11) is 9.35. The number of esters is 2. The van der Waals surface area contributed by atoms with Crippen LogP contribution in [0.25, 0.3) is 0 Å². The van der Waals surface area contributed by atoms with Crippen molar-refractivity contribution in [1.82, 2.24) is 9.80 Å². The van der Waals surface area contributed by atoms with E-state index in [-0.39, 0.29) is 44.8 Å². The number of aliphatic hydroxyl groups is 3. The number of piperidine rings is 2. The standard InChI is InChI=1S/C75H94N2O17/c1-10-60(54-39-57(47-80)71(90-9)70(44-54)89-8)72(81)76-33-14-12-23-62(76)74(83)93-64(30-26-49-25-29-53(45-78)56(37-49)46-79)51-19-16-21-58(40-51)91-35-18-36-92-59-22-17-20-52(41-59)65(31-27-50-28-32-66(85-4)69(38-50)88-7)94-75(84)63-24-13-15-34-77(63)73(82)61(11-2)55-42-67(86-5)48(3)68(43-55)87-6/h16-17,19-22,25,28-29,32,37-44,60-65,78-80H,10-15,18,23-24,26-27,30-31,33-36,45-47H2,1-9H3/t60-,61-,62?,63?,64+,65+/m0/s1. The minimum Gasteiger partial charge on any atom is -0.496 e. The molecule has 3 N–H and O–H groups in total. The Morgan fingerprint density at radius 1 is 0.479 bits per heavy atom. The monoisotopic (exact) mass is 1290 g/mol. The summed E-state index contributed by atoms with van der Waals surface area (Å²) in [6, 6.07) is 31.8. The van der Waals surface area contributed by atoms with Crippen molar-refractivity contribution >= 4 is 23.8 Å². The Bertz CT molecular complexity index is 3450. The van der Waals surface area contributed by atoms with Gasteiger partial charge in [-0.25, -0.2) is 9.59 Å². The number of methoxy groups -OCH3 is 6. The molecule has 19 heteroatoms. The molecule has 2 heterocycles. The highest BCUT2D eigenvalue weighted by atomic mass is 16.6. The molecule has 0 aromatic heterocycles. The van der Waals surface area contributed by atoms with E-state index in [0.717, 1.165) is 47.1 Å². The first-order valence-corrected chi connectivity index (χ1v) is 32.8. The van der Waals surface area contributed by atoms with E-state index in [4.69, 9.17) is 47.4 Å². The van der Waals surface area contributed by atoms with Gasteiger partial charge in [-0.15, -0.1) is 0 Å². The second kappa shape index (κ2) is 35.1. The number of hydrogen-bond acceptors (Lipinski definition) is 17. The second-order valence-electron chi connectivity index (χ2n) is 23.9. The Balaban J connectivity index is 0.963. The van der Waals surface area contributed by atoms with Gasteiger partial charge in [0.25, 0.3) is 0 Å². The molecule has 6 aromatic carbocycles. The van der Waals surface area contributed by atoms with E-state index in [1.54, 1.807) is 56.4 Å². The molecule has 0 bridgehead atoms. The first kappa shape index (κ1) is 71.3. The lowest BCUT2D eigenvalue weighted by Crippen LogP contribution is -2.50. The highest BCUT2D eigenvalue weighted by Gasteiger charge is 2.40. The van der Waals surface area contributed by atoms with E-state index in [9.17, 15) is 34.5 Å². The average Bonchev–Trinajstić information content (AvgIpc) is 0.852. The smallest absolute Gasteiger partial charge is 0.329 e. The number of likely N-dealkylation sites (tertiary alicyclic amines) is 2. The molecule has 2 saturated heterocycles. The fourth-order valence-corrected chi connectivity index (χ4v) is 12.9. The summed E-state index contributed by atoms with van der Waals surface area (Å²) in [5.74, 6) is 1.74. The van der Waals surface area contributed by atoms with Crippen molar-refractivity contribution in [2.24, 2.45) is 0 Å². The molecule has 506 valence electrons. The minimum atomic E-state index is -0.851. The van der Waals surface area contributed by atoms with Gasteiger partial charge in [0.05, 0.1) is 87.5 Å². The number of aryl methyl sites for hydroxylation is 2. The third-order valence-electron chi connectivity index (χ3n) is 18.1. The molecular formula is C75H94N2O17. The zero-order chi connectivity index (χ0) is 67.3. The molecule has 0 saturated carbocycles. The van der Waals surface area contributed by atoms with Crippen molar-refractivity contribution in [1.29, 1.82) is 0 Å². The zero-order valence-corrected chi connectivity index (χ0v) is 56.0. The highest BCUT2D eigenvalue weighted by Crippen LogP contribution is 2.40. The molecule has 0 radical (unpaired) electrons. The molecule has 2 unspecified atom stereocenters. The largest absolute Gasteiger partial charge is 0.496 e. The highest BCUT2D eigenvalue weighted by molar-refractivity contribution is 5.90. The van der Waals surface area contributed by atoms with Crippen LogP contribution in [-0.4, -0.2) is 130 Å². The van der Waals surface area contributed by atoms with Crippen LogP contribution in [0.4, 0.5) is 0 Å². The first-order chi connectivity index (χ1) is 45.7. The van der Waals surface area contributed by atoms with Gasteiger partial charge in [0.15, 0.2) is 23.0 Å². The molecule has 2 aliphatic heterocycles. The zero-order valence-electron chi connectivity index (χ0n) is 56.0. The van der Waals surface area contributed by atoms with Crippen molar-refractivity contribution in [2.75, 3.05) is 69.0 Å². The van der Waals surface area contributed by atoms with Gasteiger partial charge in [-0.05, 0) is 189 Å². The summed E-state index contributed by atoms with van der Waals surface area (Å²) in [4.78, 5) is 62.0. The predicted molar refractivity (Wildman–Crippen MR) is 355 cm³/mol. The quantitative estimate of drug-likeness (QED) is 0.0257. The van der Waals surface area contributed by atoms with Gasteiger partial charge < -0.3 is 72.5 Å². The summed E-state index contributed by atoms with van der Waals surface area (Å²) in [6.07, 6.45) is 5.51. The minimum absolute atomic E-state index is 0.154. The number of nitrogens with zero attached hydrogens (tertiary/aromatic N) is 2. The SMILES string of the molecule is CC[C@H](C(=O)N1CCCCC1C(=O)O[C@H](CCc1ccc(OC)c(OC)c1)c1cccc(OCCCOc2cccc([C@@H](CCc3ccc(CO)c(CO)c3)OC(=O)C3CCCCN3C(=O)[C@@H](CC)c3cc(CO)c(OC)c(OC)c3)c2)c1)c1cc(OC)c(C)c(OC)c1. The Kier molecular flexibility index (Phi) is 26.6. The van der Waals surface area contributed by atoms with Crippen molar-refractivity contribution in [3.63, 3.8) is 0 Å². The van der Waals surface area contributed by atoms with E-state index < -0.39 is 48.1 Å². The molecular weight excluding hydrogens is 1200 g/mol. The van der Waals surface area contributed by atoms with Crippen LogP contribution in [-0.2, 0) is 61.3 Å². The molecule has 0 aliphatic carbocycles. The van der Waals surface area contributed by atoms with E-state index in [0.29, 0.717) is 151 Å². The van der Waals surface area contributed by atoms with E-state index >= 15 is 0 Å². The first-order valence-electron chi connectivity index (χ1n) is 32.8. The number of aliphatic hydroxyl groups excluding tert-OH is 3. The maximum absolute atomic E-state index is 14.7. The lowest BCUT2D eigenvalue weighted by Gasteiger charge is -2.37. The van der Waals surface area contributed by atoms with E-state index in [1.165, 1.54) is 14.2 Å². The van der Waals surface area contributed by atoms with Crippen LogP contribution in [0.2, 0.25) is 0 Å². The number of ether oxygens (including phenoxy) is 10. The third kappa shape index (κ3) is 17.6. The van der Waals surface area contributed by atoms with E-state index in [1.807, 2.05) is 112 Å². The third-order valence-corrected chi connectivity index (χ3v) is 18.1. The van der Waals surface area contributed by atoms with Crippen LogP contribution in [0, 0.1) is 6.92 Å². The molecule has 0 spiro atoms. The maximum Gasteiger partial charge on any atom is 0.329 e. The van der Waals surface area contributed by atoms with Crippen LogP contribution in [0.15, 0.2) is 109 Å². The van der Waals surface area contributed by atoms with Crippen LogP contribution >= 0.6 is 0 Å². The summed E-state index contributed by atoms with van der Waals surface area (Å²) >= 11 is 0. The van der Waals surface area contributed by atoms with Gasteiger partial charge >= 0.3 is 11.9 Å². The lowest BCUT2D eigenvalue weighted by atomic mass is 9.90. The van der Waals surface area contributed by atoms with Gasteiger partial charge in [-0.3, -0.25) is 9.59 Å². The van der Waals surface area contributed by atoms with Crippen molar-refractivity contribution in [2.45, 2.75) is 160 Å². The number of carbonyl (C=O) groups is 4. The number of rotatable bonds is 33. The molecule has 2 amide bonds. The number of hydrogen-bond donors (Lipinski definition) is 3.